The molecule has 0 unspecified atom stereocenters. The maximum absolute atomic E-state index is 12.5. The van der Waals surface area contributed by atoms with Gasteiger partial charge in [-0.2, -0.15) is 0 Å². The van der Waals surface area contributed by atoms with Crippen LogP contribution in [-0.4, -0.2) is 83.4 Å². The van der Waals surface area contributed by atoms with Crippen molar-refractivity contribution >= 4 is 12.4 Å². The largest absolute Gasteiger partial charge is 0.483 e. The number of nitrogens with zero attached hydrogens (tertiary/aromatic N) is 2. The van der Waals surface area contributed by atoms with Crippen molar-refractivity contribution in [2.75, 3.05) is 39.8 Å². The number of aliphatic hydroxyl groups is 1. The van der Waals surface area contributed by atoms with Crippen LogP contribution in [-0.2, 0) is 14.3 Å². The van der Waals surface area contributed by atoms with E-state index in [1.807, 2.05) is 4.90 Å². The molecule has 1 spiro atoms. The van der Waals surface area contributed by atoms with Gasteiger partial charge in [0, 0.05) is 26.2 Å². The van der Waals surface area contributed by atoms with E-state index in [0.29, 0.717) is 12.8 Å². The summed E-state index contributed by atoms with van der Waals surface area (Å²) in [7, 11) is 2.13. The number of likely N-dealkylation sites (N-methyl/N-ethyl adjacent to an activating group) is 1. The van der Waals surface area contributed by atoms with Crippen LogP contribution in [0.2, 0.25) is 0 Å². The van der Waals surface area contributed by atoms with Crippen LogP contribution < -0.4 is 0 Å². The summed E-state index contributed by atoms with van der Waals surface area (Å²) in [6.45, 7) is 3.92. The first kappa shape index (κ1) is 18.2. The molecule has 1 amide bonds. The standard InChI is InChI=1S/C15H26N2O3.CH2O2/c1-16-10-11-20-14(12-16)6-8-17(9-7-14)13(18)15(19)4-2-3-5-15;2-1-3/h19H,2-12H2,1H3;1H,(H,2,3). The maximum atomic E-state index is 12.5. The van der Waals surface area contributed by atoms with Gasteiger partial charge in [0.05, 0.1) is 12.2 Å². The summed E-state index contributed by atoms with van der Waals surface area (Å²) < 4.78 is 6.01. The summed E-state index contributed by atoms with van der Waals surface area (Å²) in [4.78, 5) is 25.0. The highest BCUT2D eigenvalue weighted by molar-refractivity contribution is 5.85. The Balaban J connectivity index is 0.000000595. The van der Waals surface area contributed by atoms with Crippen molar-refractivity contribution in [1.29, 1.82) is 0 Å². The van der Waals surface area contributed by atoms with Gasteiger partial charge in [-0.05, 0) is 45.6 Å². The third-order valence-corrected chi connectivity index (χ3v) is 5.23. The fraction of sp³-hybridized carbons (Fsp3) is 0.875. The number of carboxylic acid groups (broad SMARTS) is 1. The average Bonchev–Trinajstić information content (AvgIpc) is 2.96. The number of hydrogen-bond acceptors (Lipinski definition) is 5. The van der Waals surface area contributed by atoms with Gasteiger partial charge in [-0.3, -0.25) is 9.59 Å². The molecule has 1 saturated carbocycles. The molecule has 2 saturated heterocycles. The molecule has 0 aromatic heterocycles. The number of ether oxygens (including phenoxy) is 1. The van der Waals surface area contributed by atoms with Crippen molar-refractivity contribution in [1.82, 2.24) is 9.80 Å². The molecule has 2 aliphatic heterocycles. The molecule has 132 valence electrons. The Hall–Kier alpha value is -1.18. The lowest BCUT2D eigenvalue weighted by Gasteiger charge is -2.47. The molecular weight excluding hydrogens is 300 g/mol. The molecule has 0 aromatic carbocycles. The van der Waals surface area contributed by atoms with E-state index in [1.165, 1.54) is 0 Å². The number of piperidine rings is 1. The summed E-state index contributed by atoms with van der Waals surface area (Å²) in [5, 5.41) is 17.3. The van der Waals surface area contributed by atoms with Crippen LogP contribution in [0.15, 0.2) is 0 Å². The number of amides is 1. The van der Waals surface area contributed by atoms with Gasteiger partial charge in [0.15, 0.2) is 0 Å². The zero-order valence-corrected chi connectivity index (χ0v) is 13.9. The number of likely N-dealkylation sites (tertiary alicyclic amines) is 1. The molecule has 0 atom stereocenters. The third kappa shape index (κ3) is 4.22. The van der Waals surface area contributed by atoms with Gasteiger partial charge in [0.25, 0.3) is 12.4 Å². The van der Waals surface area contributed by atoms with Crippen LogP contribution in [0.5, 0.6) is 0 Å². The minimum absolute atomic E-state index is 0.0472. The molecule has 23 heavy (non-hydrogen) atoms. The monoisotopic (exact) mass is 328 g/mol. The number of rotatable bonds is 1. The molecule has 3 rings (SSSR count). The van der Waals surface area contributed by atoms with Crippen molar-refractivity contribution in [3.8, 4) is 0 Å². The van der Waals surface area contributed by atoms with E-state index < -0.39 is 5.60 Å². The van der Waals surface area contributed by atoms with Gasteiger partial charge in [-0.25, -0.2) is 0 Å². The van der Waals surface area contributed by atoms with Crippen molar-refractivity contribution in [2.45, 2.75) is 49.7 Å². The lowest BCUT2D eigenvalue weighted by atomic mass is 9.88. The number of carbonyl (C=O) groups is 2. The second-order valence-electron chi connectivity index (χ2n) is 6.91. The molecule has 2 N–H and O–H groups in total. The van der Waals surface area contributed by atoms with Gasteiger partial charge >= 0.3 is 0 Å². The van der Waals surface area contributed by atoms with E-state index in [9.17, 15) is 9.90 Å². The number of morpholine rings is 1. The van der Waals surface area contributed by atoms with E-state index in [0.717, 1.165) is 58.5 Å². The first-order valence-electron chi connectivity index (χ1n) is 8.37. The highest BCUT2D eigenvalue weighted by Gasteiger charge is 2.45. The first-order chi connectivity index (χ1) is 10.9. The van der Waals surface area contributed by atoms with Crippen molar-refractivity contribution in [2.24, 2.45) is 0 Å². The van der Waals surface area contributed by atoms with Crippen LogP contribution in [0.25, 0.3) is 0 Å². The van der Waals surface area contributed by atoms with Gasteiger partial charge in [-0.15, -0.1) is 0 Å². The summed E-state index contributed by atoms with van der Waals surface area (Å²) >= 11 is 0. The predicted octanol–water partition coefficient (Wildman–Crippen LogP) is 0.316. The normalized spacial score (nSPS) is 26.4. The Kier molecular flexibility index (Phi) is 6.00. The van der Waals surface area contributed by atoms with Crippen LogP contribution in [0.4, 0.5) is 0 Å². The second-order valence-corrected chi connectivity index (χ2v) is 6.91. The van der Waals surface area contributed by atoms with Crippen LogP contribution in [0.1, 0.15) is 38.5 Å². The lowest BCUT2D eigenvalue weighted by Crippen LogP contribution is -2.58. The molecule has 7 heteroatoms. The fourth-order valence-electron chi connectivity index (χ4n) is 3.92. The predicted molar refractivity (Wildman–Crippen MR) is 84.1 cm³/mol. The maximum Gasteiger partial charge on any atom is 0.290 e. The van der Waals surface area contributed by atoms with E-state index in [-0.39, 0.29) is 18.0 Å². The molecule has 0 aromatic rings. The second kappa shape index (κ2) is 7.59. The van der Waals surface area contributed by atoms with Gasteiger partial charge in [0.2, 0.25) is 0 Å². The first-order valence-corrected chi connectivity index (χ1v) is 8.37. The molecule has 3 aliphatic rings. The van der Waals surface area contributed by atoms with Crippen molar-refractivity contribution in [3.05, 3.63) is 0 Å². The molecule has 0 radical (unpaired) electrons. The summed E-state index contributed by atoms with van der Waals surface area (Å²) in [5.74, 6) is -0.0472. The van der Waals surface area contributed by atoms with E-state index in [4.69, 9.17) is 14.6 Å². The third-order valence-electron chi connectivity index (χ3n) is 5.23. The van der Waals surface area contributed by atoms with Crippen molar-refractivity contribution in [3.63, 3.8) is 0 Å². The van der Waals surface area contributed by atoms with E-state index >= 15 is 0 Å². The molecule has 2 heterocycles. The molecular formula is C16H28N2O5. The zero-order chi connectivity index (χ0) is 16.9. The quantitative estimate of drug-likeness (QED) is 0.674. The number of carbonyl (C=O) groups excluding carboxylic acids is 1. The number of hydrogen-bond donors (Lipinski definition) is 2. The van der Waals surface area contributed by atoms with E-state index in [2.05, 4.69) is 11.9 Å². The van der Waals surface area contributed by atoms with Crippen LogP contribution >= 0.6 is 0 Å². The summed E-state index contributed by atoms with van der Waals surface area (Å²) in [5.41, 5.74) is -1.14. The zero-order valence-electron chi connectivity index (χ0n) is 13.9. The Labute approximate surface area is 137 Å². The summed E-state index contributed by atoms with van der Waals surface area (Å²) in [6, 6.07) is 0. The Morgan fingerprint density at radius 2 is 1.70 bits per heavy atom. The Morgan fingerprint density at radius 3 is 2.22 bits per heavy atom. The molecule has 0 bridgehead atoms. The van der Waals surface area contributed by atoms with Crippen LogP contribution in [0, 0.1) is 0 Å². The SMILES string of the molecule is CN1CCOC2(CCN(C(=O)C3(O)CCCC3)CC2)C1.O=CO. The fourth-order valence-corrected chi connectivity index (χ4v) is 3.92. The topological polar surface area (TPSA) is 90.3 Å². The molecule has 7 nitrogen and oxygen atoms in total. The molecule has 1 aliphatic carbocycles. The van der Waals surface area contributed by atoms with Gasteiger partial charge in [-0.1, -0.05) is 0 Å². The lowest BCUT2D eigenvalue weighted by molar-refractivity contribution is -0.162. The van der Waals surface area contributed by atoms with Gasteiger partial charge < -0.3 is 24.7 Å². The minimum Gasteiger partial charge on any atom is -0.483 e. The van der Waals surface area contributed by atoms with Gasteiger partial charge in [0.1, 0.15) is 5.60 Å². The highest BCUT2D eigenvalue weighted by Crippen LogP contribution is 2.34. The van der Waals surface area contributed by atoms with E-state index in [1.54, 1.807) is 0 Å². The smallest absolute Gasteiger partial charge is 0.290 e. The minimum atomic E-state index is -1.07. The summed E-state index contributed by atoms with van der Waals surface area (Å²) in [6.07, 6.45) is 4.97. The Morgan fingerprint density at radius 1 is 1.13 bits per heavy atom. The van der Waals surface area contributed by atoms with Crippen molar-refractivity contribution < 1.29 is 24.5 Å². The highest BCUT2D eigenvalue weighted by atomic mass is 16.5. The average molecular weight is 328 g/mol. The van der Waals surface area contributed by atoms with Crippen LogP contribution in [0.3, 0.4) is 0 Å². The Bertz CT molecular complexity index is 415. The molecule has 3 fully saturated rings.